The van der Waals surface area contributed by atoms with Crippen LogP contribution in [0.15, 0.2) is 12.1 Å². The van der Waals surface area contributed by atoms with Gasteiger partial charge in [-0.05, 0) is 24.9 Å². The summed E-state index contributed by atoms with van der Waals surface area (Å²) in [6.07, 6.45) is 6.44. The molecular weight excluding hydrogens is 301 g/mol. The van der Waals surface area contributed by atoms with E-state index < -0.39 is 18.2 Å². The molecule has 0 saturated heterocycles. The summed E-state index contributed by atoms with van der Waals surface area (Å²) in [5, 5.41) is 3.02. The van der Waals surface area contributed by atoms with E-state index in [0.717, 1.165) is 31.1 Å². The highest BCUT2D eigenvalue weighted by molar-refractivity contribution is 7.98. The second-order valence-electron chi connectivity index (χ2n) is 4.58. The van der Waals surface area contributed by atoms with E-state index in [1.54, 1.807) is 0 Å². The molecule has 0 saturated carbocycles. The van der Waals surface area contributed by atoms with Crippen LogP contribution in [0, 0.1) is 5.82 Å². The van der Waals surface area contributed by atoms with Gasteiger partial charge in [0.05, 0.1) is 11.4 Å². The molecule has 0 aromatic heterocycles. The predicted molar refractivity (Wildman–Crippen MR) is 82.8 cm³/mol. The summed E-state index contributed by atoms with van der Waals surface area (Å²) in [5.74, 6) is -0.232. The lowest BCUT2D eigenvalue weighted by atomic mass is 10.2. The van der Waals surface area contributed by atoms with Gasteiger partial charge in [-0.3, -0.25) is 0 Å². The van der Waals surface area contributed by atoms with Gasteiger partial charge in [-0.15, -0.1) is 0 Å². The van der Waals surface area contributed by atoms with Crippen LogP contribution in [0.2, 0.25) is 0 Å². The molecule has 0 heterocycles. The van der Waals surface area contributed by atoms with Crippen molar-refractivity contribution in [2.75, 3.05) is 29.6 Å². The van der Waals surface area contributed by atoms with Crippen LogP contribution < -0.4 is 15.8 Å². The van der Waals surface area contributed by atoms with Crippen LogP contribution in [0.3, 0.4) is 0 Å². The van der Waals surface area contributed by atoms with E-state index in [2.05, 4.69) is 16.3 Å². The second kappa shape index (κ2) is 9.65. The fourth-order valence-electron chi connectivity index (χ4n) is 1.86. The van der Waals surface area contributed by atoms with Crippen molar-refractivity contribution in [2.24, 2.45) is 0 Å². The zero-order chi connectivity index (χ0) is 15.7. The van der Waals surface area contributed by atoms with Gasteiger partial charge >= 0.3 is 6.61 Å². The number of halogens is 3. The summed E-state index contributed by atoms with van der Waals surface area (Å²) in [5.41, 5.74) is 6.24. The lowest BCUT2D eigenvalue weighted by Crippen LogP contribution is -2.08. The van der Waals surface area contributed by atoms with Gasteiger partial charge in [-0.25, -0.2) is 4.39 Å². The molecule has 0 atom stereocenters. The van der Waals surface area contributed by atoms with Crippen molar-refractivity contribution in [1.82, 2.24) is 0 Å². The monoisotopic (exact) mass is 322 g/mol. The Bertz CT molecular complexity index is 433. The van der Waals surface area contributed by atoms with Crippen LogP contribution in [0.4, 0.5) is 24.5 Å². The number of anilines is 2. The van der Waals surface area contributed by atoms with Crippen LogP contribution >= 0.6 is 11.8 Å². The van der Waals surface area contributed by atoms with Gasteiger partial charge in [-0.1, -0.05) is 12.8 Å². The molecule has 1 rings (SSSR count). The average Bonchev–Trinajstić information content (AvgIpc) is 2.42. The summed E-state index contributed by atoms with van der Waals surface area (Å²) >= 11 is 1.83. The minimum Gasteiger partial charge on any atom is -0.432 e. The van der Waals surface area contributed by atoms with Crippen molar-refractivity contribution < 1.29 is 17.9 Å². The first-order chi connectivity index (χ1) is 10.0. The Morgan fingerprint density at radius 2 is 1.95 bits per heavy atom. The maximum Gasteiger partial charge on any atom is 0.387 e. The Morgan fingerprint density at radius 1 is 1.24 bits per heavy atom. The topological polar surface area (TPSA) is 47.3 Å². The first-order valence-electron chi connectivity index (χ1n) is 6.81. The number of nitrogens with one attached hydrogen (secondary N) is 1. The molecule has 21 heavy (non-hydrogen) atoms. The minimum absolute atomic E-state index is 0.177. The van der Waals surface area contributed by atoms with Crippen molar-refractivity contribution in [1.29, 1.82) is 0 Å². The van der Waals surface area contributed by atoms with E-state index in [1.165, 1.54) is 12.5 Å². The van der Waals surface area contributed by atoms with Crippen molar-refractivity contribution in [3.05, 3.63) is 17.9 Å². The molecule has 7 heteroatoms. The highest BCUT2D eigenvalue weighted by Gasteiger charge is 2.13. The van der Waals surface area contributed by atoms with Crippen LogP contribution in [0.1, 0.15) is 25.7 Å². The molecule has 120 valence electrons. The number of benzene rings is 1. The zero-order valence-electron chi connectivity index (χ0n) is 12.0. The highest BCUT2D eigenvalue weighted by Crippen LogP contribution is 2.29. The number of rotatable bonds is 10. The standard InChI is InChI=1S/C14H21F3N2OS/c1-21-7-5-3-2-4-6-19-12-9-13(20-14(16)17)10(15)8-11(12)18/h8-9,14,19H,2-7,18H2,1H3. The number of hydrogen-bond donors (Lipinski definition) is 2. The van der Waals surface area contributed by atoms with E-state index in [1.807, 2.05) is 11.8 Å². The van der Waals surface area contributed by atoms with Crippen LogP contribution in [-0.4, -0.2) is 25.2 Å². The molecule has 0 unspecified atom stereocenters. The maximum absolute atomic E-state index is 13.4. The van der Waals surface area contributed by atoms with Gasteiger partial charge in [0.1, 0.15) is 0 Å². The Morgan fingerprint density at radius 3 is 2.62 bits per heavy atom. The molecule has 0 amide bonds. The number of thioether (sulfide) groups is 1. The van der Waals surface area contributed by atoms with E-state index >= 15 is 0 Å². The molecule has 1 aromatic rings. The Hall–Kier alpha value is -1.24. The summed E-state index contributed by atoms with van der Waals surface area (Å²) in [6, 6.07) is 2.16. The fraction of sp³-hybridized carbons (Fsp3) is 0.571. The largest absolute Gasteiger partial charge is 0.432 e. The number of hydrogen-bond acceptors (Lipinski definition) is 4. The number of nitrogens with two attached hydrogens (primary N) is 1. The molecule has 1 aromatic carbocycles. The predicted octanol–water partition coefficient (Wildman–Crippen LogP) is 4.34. The SMILES string of the molecule is CSCCCCCCNc1cc(OC(F)F)c(F)cc1N. The van der Waals surface area contributed by atoms with Gasteiger partial charge < -0.3 is 15.8 Å². The number of nitrogen functional groups attached to an aromatic ring is 1. The first-order valence-corrected chi connectivity index (χ1v) is 8.20. The van der Waals surface area contributed by atoms with Crippen molar-refractivity contribution in [3.63, 3.8) is 0 Å². The molecule has 0 spiro atoms. The van der Waals surface area contributed by atoms with Crippen molar-refractivity contribution in [3.8, 4) is 5.75 Å². The minimum atomic E-state index is -3.06. The quantitative estimate of drug-likeness (QED) is 0.497. The third-order valence-electron chi connectivity index (χ3n) is 2.91. The number of alkyl halides is 2. The van der Waals surface area contributed by atoms with E-state index in [4.69, 9.17) is 5.73 Å². The van der Waals surface area contributed by atoms with E-state index in [-0.39, 0.29) is 5.69 Å². The number of ether oxygens (including phenoxy) is 1. The Kier molecular flexibility index (Phi) is 8.19. The Labute approximate surface area is 127 Å². The smallest absolute Gasteiger partial charge is 0.387 e. The summed E-state index contributed by atoms with van der Waals surface area (Å²) in [7, 11) is 0. The first kappa shape index (κ1) is 17.8. The molecular formula is C14H21F3N2OS. The molecule has 3 nitrogen and oxygen atoms in total. The average molecular weight is 322 g/mol. The van der Waals surface area contributed by atoms with Gasteiger partial charge in [-0.2, -0.15) is 20.5 Å². The molecule has 3 N–H and O–H groups in total. The van der Waals surface area contributed by atoms with Gasteiger partial charge in [0.2, 0.25) is 0 Å². The van der Waals surface area contributed by atoms with Gasteiger partial charge in [0.15, 0.2) is 11.6 Å². The lowest BCUT2D eigenvalue weighted by Gasteiger charge is -2.12. The molecule has 0 fully saturated rings. The van der Waals surface area contributed by atoms with E-state index in [9.17, 15) is 13.2 Å². The molecule has 0 aliphatic heterocycles. The molecule has 0 aliphatic rings. The number of unbranched alkanes of at least 4 members (excludes halogenated alkanes) is 3. The molecule has 0 radical (unpaired) electrons. The van der Waals surface area contributed by atoms with Gasteiger partial charge in [0.25, 0.3) is 0 Å². The summed E-state index contributed by atoms with van der Waals surface area (Å²) in [6.45, 7) is -2.41. The van der Waals surface area contributed by atoms with Crippen LogP contribution in [0.5, 0.6) is 5.75 Å². The summed E-state index contributed by atoms with van der Waals surface area (Å²) < 4.78 is 41.8. The highest BCUT2D eigenvalue weighted by atomic mass is 32.2. The second-order valence-corrected chi connectivity index (χ2v) is 5.57. The lowest BCUT2D eigenvalue weighted by molar-refractivity contribution is -0.0521. The van der Waals surface area contributed by atoms with E-state index in [0.29, 0.717) is 12.2 Å². The van der Waals surface area contributed by atoms with Crippen molar-refractivity contribution in [2.45, 2.75) is 32.3 Å². The fourth-order valence-corrected chi connectivity index (χ4v) is 2.35. The molecule has 0 aliphatic carbocycles. The Balaban J connectivity index is 2.43. The van der Waals surface area contributed by atoms with Crippen LogP contribution in [-0.2, 0) is 0 Å². The van der Waals surface area contributed by atoms with Gasteiger partial charge in [0, 0.05) is 18.7 Å². The summed E-state index contributed by atoms with van der Waals surface area (Å²) in [4.78, 5) is 0. The van der Waals surface area contributed by atoms with Crippen LogP contribution in [0.25, 0.3) is 0 Å². The third kappa shape index (κ3) is 6.84. The normalized spacial score (nSPS) is 10.9. The third-order valence-corrected chi connectivity index (χ3v) is 3.61. The molecule has 0 bridgehead atoms. The van der Waals surface area contributed by atoms with Crippen molar-refractivity contribution >= 4 is 23.1 Å². The maximum atomic E-state index is 13.4. The zero-order valence-corrected chi connectivity index (χ0v) is 12.8.